The number of hydrogen-bond acceptors (Lipinski definition) is 5. The van der Waals surface area contributed by atoms with Gasteiger partial charge in [-0.25, -0.2) is 0 Å². The number of aryl methyl sites for hydroxylation is 1. The molecular formula is C19H15ClN4O2S. The first-order chi connectivity index (χ1) is 13.0. The average Bonchev–Trinajstić information content (AvgIpc) is 3.27. The molecule has 1 aromatic carbocycles. The molecule has 1 aliphatic carbocycles. The molecule has 0 unspecified atom stereocenters. The Bertz CT molecular complexity index is 1130. The predicted molar refractivity (Wildman–Crippen MR) is 103 cm³/mol. The minimum absolute atomic E-state index is 0.381. The summed E-state index contributed by atoms with van der Waals surface area (Å²) in [6, 6.07) is 7.63. The molecule has 0 bridgehead atoms. The summed E-state index contributed by atoms with van der Waals surface area (Å²) >= 11 is 8.11. The van der Waals surface area contributed by atoms with Gasteiger partial charge in [-0.1, -0.05) is 29.8 Å². The normalized spacial score (nSPS) is 17.7. The zero-order valence-electron chi connectivity index (χ0n) is 14.4. The molecule has 1 N–H and O–H groups in total. The number of aliphatic carboxylic acids is 1. The zero-order valence-corrected chi connectivity index (χ0v) is 16.0. The highest BCUT2D eigenvalue weighted by Crippen LogP contribution is 2.43. The summed E-state index contributed by atoms with van der Waals surface area (Å²) in [6.45, 7) is 2.32. The van der Waals surface area contributed by atoms with Gasteiger partial charge in [0.1, 0.15) is 17.4 Å². The van der Waals surface area contributed by atoms with E-state index in [1.165, 1.54) is 0 Å². The molecule has 136 valence electrons. The van der Waals surface area contributed by atoms with Gasteiger partial charge in [-0.3, -0.25) is 14.4 Å². The first kappa shape index (κ1) is 16.6. The van der Waals surface area contributed by atoms with E-state index in [9.17, 15) is 9.90 Å². The monoisotopic (exact) mass is 398 g/mol. The second kappa shape index (κ2) is 6.00. The minimum atomic E-state index is -0.752. The second-order valence-corrected chi connectivity index (χ2v) is 8.26. The van der Waals surface area contributed by atoms with Gasteiger partial charge in [-0.15, -0.1) is 21.5 Å². The molecule has 2 aromatic heterocycles. The molecule has 0 amide bonds. The van der Waals surface area contributed by atoms with Gasteiger partial charge in [0.2, 0.25) is 0 Å². The fraction of sp³-hybridized carbons (Fsp3) is 0.263. The number of rotatable bonds is 2. The van der Waals surface area contributed by atoms with E-state index in [4.69, 9.17) is 16.6 Å². The van der Waals surface area contributed by atoms with E-state index in [2.05, 4.69) is 10.2 Å². The van der Waals surface area contributed by atoms with Crippen molar-refractivity contribution in [1.29, 1.82) is 0 Å². The Labute approximate surface area is 164 Å². The molecule has 2 aliphatic rings. The van der Waals surface area contributed by atoms with E-state index >= 15 is 0 Å². The van der Waals surface area contributed by atoms with Crippen LogP contribution in [0.3, 0.4) is 0 Å². The Morgan fingerprint density at radius 1 is 1.30 bits per heavy atom. The second-order valence-electron chi connectivity index (χ2n) is 6.77. The van der Waals surface area contributed by atoms with Gasteiger partial charge in [0.05, 0.1) is 11.6 Å². The smallest absolute Gasteiger partial charge is 0.307 e. The van der Waals surface area contributed by atoms with Crippen molar-refractivity contribution in [2.24, 2.45) is 10.9 Å². The number of nitrogens with zero attached hydrogens (tertiary/aromatic N) is 4. The van der Waals surface area contributed by atoms with Gasteiger partial charge in [0.25, 0.3) is 0 Å². The van der Waals surface area contributed by atoms with Gasteiger partial charge in [-0.05, 0) is 31.4 Å². The van der Waals surface area contributed by atoms with Crippen LogP contribution in [0.1, 0.15) is 33.2 Å². The molecule has 1 aliphatic heterocycles. The van der Waals surface area contributed by atoms with Gasteiger partial charge in [0, 0.05) is 21.0 Å². The maximum Gasteiger partial charge on any atom is 0.307 e. The van der Waals surface area contributed by atoms with Crippen LogP contribution in [-0.4, -0.2) is 31.6 Å². The molecule has 0 spiro atoms. The number of aromatic nitrogens is 3. The lowest BCUT2D eigenvalue weighted by Crippen LogP contribution is -2.15. The standard InChI is InChI=1S/C19H15ClN4O2S/c1-9-22-23-15-8-21-17(11-4-2-3-5-13(11)20)16-12-6-10(19(25)26)7-14(12)27-18(16)24(9)15/h2-5,10H,6-8H2,1H3,(H,25,26)/t10-/m0/s1. The number of benzene rings is 1. The van der Waals surface area contributed by atoms with Crippen molar-refractivity contribution in [3.05, 3.63) is 62.5 Å². The summed E-state index contributed by atoms with van der Waals surface area (Å²) in [7, 11) is 0. The third-order valence-corrected chi connectivity index (χ3v) is 6.71. The van der Waals surface area contributed by atoms with Crippen molar-refractivity contribution in [3.63, 3.8) is 0 Å². The Morgan fingerprint density at radius 2 is 2.11 bits per heavy atom. The Morgan fingerprint density at radius 3 is 2.89 bits per heavy atom. The van der Waals surface area contributed by atoms with Gasteiger partial charge in [0.15, 0.2) is 5.82 Å². The maximum atomic E-state index is 11.5. The van der Waals surface area contributed by atoms with E-state index < -0.39 is 5.97 Å². The fourth-order valence-electron chi connectivity index (χ4n) is 3.87. The van der Waals surface area contributed by atoms with Crippen LogP contribution in [0.5, 0.6) is 0 Å². The highest BCUT2D eigenvalue weighted by molar-refractivity contribution is 7.15. The maximum absolute atomic E-state index is 11.5. The molecule has 0 saturated carbocycles. The van der Waals surface area contributed by atoms with E-state index in [0.29, 0.717) is 24.4 Å². The van der Waals surface area contributed by atoms with Crippen molar-refractivity contribution in [2.75, 3.05) is 0 Å². The van der Waals surface area contributed by atoms with Gasteiger partial charge < -0.3 is 5.11 Å². The Balaban J connectivity index is 1.77. The predicted octanol–water partition coefficient (Wildman–Crippen LogP) is 3.44. The lowest BCUT2D eigenvalue weighted by atomic mass is 9.97. The third kappa shape index (κ3) is 2.45. The number of carboxylic acids is 1. The number of aliphatic imine (C=N–C) groups is 1. The topological polar surface area (TPSA) is 80.4 Å². The molecule has 1 atom stereocenters. The lowest BCUT2D eigenvalue weighted by molar-refractivity contribution is -0.141. The van der Waals surface area contributed by atoms with Crippen LogP contribution in [0.4, 0.5) is 0 Å². The minimum Gasteiger partial charge on any atom is -0.481 e. The average molecular weight is 399 g/mol. The highest BCUT2D eigenvalue weighted by Gasteiger charge is 2.36. The molecule has 0 radical (unpaired) electrons. The molecule has 0 saturated heterocycles. The number of fused-ring (bicyclic) bond motifs is 5. The fourth-order valence-corrected chi connectivity index (χ4v) is 5.57. The van der Waals surface area contributed by atoms with E-state index in [1.54, 1.807) is 11.3 Å². The number of thiophene rings is 1. The van der Waals surface area contributed by atoms with Crippen molar-refractivity contribution in [3.8, 4) is 5.00 Å². The Hall–Kier alpha value is -2.51. The van der Waals surface area contributed by atoms with Gasteiger partial charge in [-0.2, -0.15) is 0 Å². The zero-order chi connectivity index (χ0) is 18.7. The number of carbonyl (C=O) groups is 1. The third-order valence-electron chi connectivity index (χ3n) is 5.14. The molecule has 3 heterocycles. The van der Waals surface area contributed by atoms with Crippen molar-refractivity contribution < 1.29 is 9.90 Å². The quantitative estimate of drug-likeness (QED) is 0.717. The van der Waals surface area contributed by atoms with Crippen LogP contribution in [0, 0.1) is 12.8 Å². The molecule has 0 fully saturated rings. The first-order valence-electron chi connectivity index (χ1n) is 8.63. The van der Waals surface area contributed by atoms with E-state index in [0.717, 1.165) is 43.9 Å². The van der Waals surface area contributed by atoms with Crippen molar-refractivity contribution in [2.45, 2.75) is 26.3 Å². The largest absolute Gasteiger partial charge is 0.481 e. The summed E-state index contributed by atoms with van der Waals surface area (Å²) in [6.07, 6.45) is 1.06. The summed E-state index contributed by atoms with van der Waals surface area (Å²) < 4.78 is 2.04. The van der Waals surface area contributed by atoms with Crippen LogP contribution in [0.15, 0.2) is 29.3 Å². The molecule has 27 heavy (non-hydrogen) atoms. The van der Waals surface area contributed by atoms with Crippen molar-refractivity contribution in [1.82, 2.24) is 14.8 Å². The first-order valence-corrected chi connectivity index (χ1v) is 9.82. The SMILES string of the molecule is Cc1nnc2n1-c1sc3c(c1C(c1ccccc1Cl)=NC2)C[C@H](C(=O)O)C3. The van der Waals surface area contributed by atoms with Crippen LogP contribution >= 0.6 is 22.9 Å². The highest BCUT2D eigenvalue weighted by atomic mass is 35.5. The van der Waals surface area contributed by atoms with Crippen LogP contribution in [0.2, 0.25) is 5.02 Å². The van der Waals surface area contributed by atoms with Gasteiger partial charge >= 0.3 is 5.97 Å². The molecule has 8 heteroatoms. The summed E-state index contributed by atoms with van der Waals surface area (Å²) in [5.41, 5.74) is 3.72. The number of halogens is 1. The molecular weight excluding hydrogens is 384 g/mol. The Kier molecular flexibility index (Phi) is 3.70. The van der Waals surface area contributed by atoms with Crippen LogP contribution in [-0.2, 0) is 24.2 Å². The number of hydrogen-bond donors (Lipinski definition) is 1. The summed E-state index contributed by atoms with van der Waals surface area (Å²) in [5, 5.41) is 19.6. The number of carboxylic acid groups (broad SMARTS) is 1. The summed E-state index contributed by atoms with van der Waals surface area (Å²) in [4.78, 5) is 17.5. The molecule has 6 nitrogen and oxygen atoms in total. The van der Waals surface area contributed by atoms with E-state index in [1.807, 2.05) is 35.8 Å². The van der Waals surface area contributed by atoms with E-state index in [-0.39, 0.29) is 5.92 Å². The summed E-state index contributed by atoms with van der Waals surface area (Å²) in [5.74, 6) is 0.453. The molecule has 5 rings (SSSR count). The lowest BCUT2D eigenvalue weighted by Gasteiger charge is -2.12. The van der Waals surface area contributed by atoms with Crippen molar-refractivity contribution >= 4 is 34.6 Å². The van der Waals surface area contributed by atoms with Crippen LogP contribution in [0.25, 0.3) is 5.00 Å². The van der Waals surface area contributed by atoms with Crippen LogP contribution < -0.4 is 0 Å². The molecule has 3 aromatic rings.